The molecule has 0 aromatic carbocycles. The van der Waals surface area contributed by atoms with Crippen molar-refractivity contribution in [1.82, 2.24) is 0 Å². The van der Waals surface area contributed by atoms with E-state index in [-0.39, 0.29) is 0 Å². The number of allylic oxidation sites excluding steroid dienone is 1. The van der Waals surface area contributed by atoms with E-state index in [1.165, 1.54) is 0 Å². The summed E-state index contributed by atoms with van der Waals surface area (Å²) in [5.41, 5.74) is 6.19. The summed E-state index contributed by atoms with van der Waals surface area (Å²) in [6.07, 6.45) is 3.73. The van der Waals surface area contributed by atoms with E-state index in [0.29, 0.717) is 5.92 Å². The number of nitrogens with two attached hydrogens (primary N) is 1. The molecule has 0 radical (unpaired) electrons. The van der Waals surface area contributed by atoms with E-state index in [4.69, 9.17) is 5.73 Å². The van der Waals surface area contributed by atoms with Gasteiger partial charge in [-0.3, -0.25) is 4.99 Å². The van der Waals surface area contributed by atoms with Crippen LogP contribution in [-0.4, -0.2) is 11.3 Å². The van der Waals surface area contributed by atoms with Crippen LogP contribution in [0.15, 0.2) is 16.9 Å². The minimum atomic E-state index is 0.487. The molecule has 2 N–H and O–H groups in total. The van der Waals surface area contributed by atoms with Crippen molar-refractivity contribution in [1.29, 1.82) is 0 Å². The Morgan fingerprint density at radius 1 is 1.55 bits per heavy atom. The maximum absolute atomic E-state index is 5.44. The summed E-state index contributed by atoms with van der Waals surface area (Å²) in [6.45, 7) is 6.08. The molecule has 64 valence electrons. The molecule has 0 aliphatic carbocycles. The zero-order chi connectivity index (χ0) is 8.85. The Morgan fingerprint density at radius 3 is 2.36 bits per heavy atom. The van der Waals surface area contributed by atoms with Crippen LogP contribution in [-0.2, 0) is 0 Å². The van der Waals surface area contributed by atoms with Crippen LogP contribution in [0.25, 0.3) is 0 Å². The molecule has 2 nitrogen and oxygen atoms in total. The smallest absolute Gasteiger partial charge is 0.0754 e. The molecule has 0 aliphatic heterocycles. The number of nitrogens with zero attached hydrogens (tertiary/aromatic N) is 1. The number of rotatable bonds is 2. The first-order valence-electron chi connectivity index (χ1n) is 3.61. The molecule has 11 heavy (non-hydrogen) atoms. The molecule has 3 heteroatoms. The van der Waals surface area contributed by atoms with Gasteiger partial charge in [0.1, 0.15) is 0 Å². The van der Waals surface area contributed by atoms with Crippen molar-refractivity contribution in [2.45, 2.75) is 20.8 Å². The van der Waals surface area contributed by atoms with Crippen LogP contribution in [0, 0.1) is 5.92 Å². The van der Waals surface area contributed by atoms with Crippen LogP contribution >= 0.6 is 11.8 Å². The Balaban J connectivity index is 4.24. The Hall–Kier alpha value is -0.440. The van der Waals surface area contributed by atoms with E-state index >= 15 is 0 Å². The van der Waals surface area contributed by atoms with Crippen LogP contribution < -0.4 is 5.73 Å². The summed E-state index contributed by atoms with van der Waals surface area (Å²) < 4.78 is 0. The summed E-state index contributed by atoms with van der Waals surface area (Å²) in [4.78, 5) is 4.23. The van der Waals surface area contributed by atoms with Gasteiger partial charge in [-0.2, -0.15) is 0 Å². The first-order chi connectivity index (χ1) is 5.07. The maximum atomic E-state index is 5.44. The van der Waals surface area contributed by atoms with Crippen molar-refractivity contribution >= 4 is 16.8 Å². The van der Waals surface area contributed by atoms with E-state index in [2.05, 4.69) is 18.8 Å². The minimum absolute atomic E-state index is 0.487. The number of aliphatic imine (C=N–C) groups is 1. The first kappa shape index (κ1) is 10.6. The Labute approximate surface area is 73.0 Å². The minimum Gasteiger partial charge on any atom is -0.401 e. The van der Waals surface area contributed by atoms with Gasteiger partial charge in [0, 0.05) is 17.8 Å². The van der Waals surface area contributed by atoms with Crippen LogP contribution in [0.3, 0.4) is 0 Å². The van der Waals surface area contributed by atoms with Crippen LogP contribution in [0.4, 0.5) is 0 Å². The highest BCUT2D eigenvalue weighted by Gasteiger charge is 2.00. The average Bonchev–Trinajstić information content (AvgIpc) is 1.87. The molecule has 0 saturated heterocycles. The van der Waals surface area contributed by atoms with Gasteiger partial charge in [0.2, 0.25) is 0 Å². The van der Waals surface area contributed by atoms with E-state index in [9.17, 15) is 0 Å². The second-order valence-corrected chi connectivity index (χ2v) is 3.53. The van der Waals surface area contributed by atoms with Gasteiger partial charge in [-0.25, -0.2) is 0 Å². The molecular formula is C8H16N2S. The Kier molecular flexibility index (Phi) is 5.03. The SMILES string of the molecule is CSC(=N/C=C(/C)N)C(C)C. The molecule has 0 spiro atoms. The van der Waals surface area contributed by atoms with Crippen LogP contribution in [0.1, 0.15) is 20.8 Å². The molecule has 0 aromatic rings. The monoisotopic (exact) mass is 172 g/mol. The molecule has 0 rings (SSSR count). The lowest BCUT2D eigenvalue weighted by molar-refractivity contribution is 0.900. The van der Waals surface area contributed by atoms with Crippen molar-refractivity contribution in [3.05, 3.63) is 11.9 Å². The fraction of sp³-hybridized carbons (Fsp3) is 0.625. The molecule has 0 amide bonds. The quantitative estimate of drug-likeness (QED) is 0.512. The van der Waals surface area contributed by atoms with E-state index in [1.54, 1.807) is 18.0 Å². The molecule has 0 unspecified atom stereocenters. The summed E-state index contributed by atoms with van der Waals surface area (Å²) >= 11 is 1.67. The number of thioether (sulfide) groups is 1. The maximum Gasteiger partial charge on any atom is 0.0754 e. The zero-order valence-electron chi connectivity index (χ0n) is 7.59. The molecular weight excluding hydrogens is 156 g/mol. The summed E-state index contributed by atoms with van der Waals surface area (Å²) in [5, 5.41) is 1.12. The lowest BCUT2D eigenvalue weighted by atomic mass is 10.2. The van der Waals surface area contributed by atoms with Crippen molar-refractivity contribution in [2.75, 3.05) is 6.26 Å². The van der Waals surface area contributed by atoms with Gasteiger partial charge in [-0.1, -0.05) is 13.8 Å². The molecule has 0 aromatic heterocycles. The topological polar surface area (TPSA) is 38.4 Å². The zero-order valence-corrected chi connectivity index (χ0v) is 8.40. The second kappa shape index (κ2) is 5.24. The average molecular weight is 172 g/mol. The predicted molar refractivity (Wildman–Crippen MR) is 53.7 cm³/mol. The highest BCUT2D eigenvalue weighted by atomic mass is 32.2. The standard InChI is InChI=1S/C8H16N2S/c1-6(2)8(11-4)10-5-7(3)9/h5-6H,9H2,1-4H3/b7-5-,10-8?. The molecule has 0 atom stereocenters. The van der Waals surface area contributed by atoms with E-state index in [1.807, 2.05) is 13.2 Å². The Bertz CT molecular complexity index is 167. The molecule has 0 aliphatic rings. The van der Waals surface area contributed by atoms with E-state index in [0.717, 1.165) is 10.7 Å². The van der Waals surface area contributed by atoms with Crippen LogP contribution in [0.5, 0.6) is 0 Å². The third-order valence-electron chi connectivity index (χ3n) is 1.10. The highest BCUT2D eigenvalue weighted by Crippen LogP contribution is 2.09. The van der Waals surface area contributed by atoms with Crippen molar-refractivity contribution in [2.24, 2.45) is 16.6 Å². The van der Waals surface area contributed by atoms with Gasteiger partial charge in [0.25, 0.3) is 0 Å². The second-order valence-electron chi connectivity index (χ2n) is 2.70. The lowest BCUT2D eigenvalue weighted by Gasteiger charge is -2.03. The fourth-order valence-electron chi connectivity index (χ4n) is 0.603. The summed E-state index contributed by atoms with van der Waals surface area (Å²) in [7, 11) is 0. The first-order valence-corrected chi connectivity index (χ1v) is 4.84. The third kappa shape index (κ3) is 4.90. The van der Waals surface area contributed by atoms with Crippen molar-refractivity contribution in [3.8, 4) is 0 Å². The Morgan fingerprint density at radius 2 is 2.09 bits per heavy atom. The summed E-state index contributed by atoms with van der Waals surface area (Å²) in [5.74, 6) is 0.487. The van der Waals surface area contributed by atoms with Crippen LogP contribution in [0.2, 0.25) is 0 Å². The highest BCUT2D eigenvalue weighted by molar-refractivity contribution is 8.13. The van der Waals surface area contributed by atoms with E-state index < -0.39 is 0 Å². The van der Waals surface area contributed by atoms with Gasteiger partial charge in [0.05, 0.1) is 5.04 Å². The molecule has 0 heterocycles. The van der Waals surface area contributed by atoms with Gasteiger partial charge < -0.3 is 5.73 Å². The summed E-state index contributed by atoms with van der Waals surface area (Å²) in [6, 6.07) is 0. The molecule has 0 fully saturated rings. The largest absolute Gasteiger partial charge is 0.401 e. The third-order valence-corrected chi connectivity index (χ3v) is 2.09. The molecule has 0 saturated carbocycles. The molecule has 0 bridgehead atoms. The van der Waals surface area contributed by atoms with Gasteiger partial charge in [-0.15, -0.1) is 11.8 Å². The lowest BCUT2D eigenvalue weighted by Crippen LogP contribution is -2.01. The van der Waals surface area contributed by atoms with Gasteiger partial charge >= 0.3 is 0 Å². The predicted octanol–water partition coefficient (Wildman–Crippen LogP) is 2.22. The fourth-order valence-corrected chi connectivity index (χ4v) is 1.23. The normalized spacial score (nSPS) is 14.3. The number of hydrogen-bond acceptors (Lipinski definition) is 3. The van der Waals surface area contributed by atoms with Gasteiger partial charge in [-0.05, 0) is 13.2 Å². The van der Waals surface area contributed by atoms with Gasteiger partial charge in [0.15, 0.2) is 0 Å². The van der Waals surface area contributed by atoms with Crippen molar-refractivity contribution < 1.29 is 0 Å². The van der Waals surface area contributed by atoms with Crippen molar-refractivity contribution in [3.63, 3.8) is 0 Å². The number of hydrogen-bond donors (Lipinski definition) is 1.